The third kappa shape index (κ3) is 4.73. The van der Waals surface area contributed by atoms with E-state index in [0.717, 1.165) is 44.3 Å². The fraction of sp³-hybridized carbons (Fsp3) is 0.0508. The number of aromatic nitrogens is 2. The van der Waals surface area contributed by atoms with Crippen LogP contribution in [0.2, 0.25) is 0 Å². The Morgan fingerprint density at radius 2 is 1.05 bits per heavy atom. The van der Waals surface area contributed by atoms with Crippen molar-refractivity contribution in [3.63, 3.8) is 0 Å². The molecule has 1 aliphatic rings. The zero-order chi connectivity index (χ0) is 41.6. The smallest absolute Gasteiger partial charge is 0.159 e. The van der Waals surface area contributed by atoms with Gasteiger partial charge in [0.25, 0.3) is 0 Å². The maximum absolute atomic E-state index is 7.08. The van der Waals surface area contributed by atoms with E-state index >= 15 is 0 Å². The highest BCUT2D eigenvalue weighted by Crippen LogP contribution is 2.54. The maximum atomic E-state index is 7.08. The van der Waals surface area contributed by atoms with E-state index in [9.17, 15) is 0 Å². The molecule has 296 valence electrons. The van der Waals surface area contributed by atoms with Gasteiger partial charge in [0, 0.05) is 59.1 Å². The number of benzene rings is 9. The van der Waals surface area contributed by atoms with Crippen LogP contribution in [-0.2, 0) is 5.41 Å². The van der Waals surface area contributed by atoms with E-state index in [2.05, 4.69) is 217 Å². The van der Waals surface area contributed by atoms with Crippen LogP contribution < -0.4 is 0 Å². The van der Waals surface area contributed by atoms with Crippen molar-refractivity contribution >= 4 is 86.3 Å². The Hall–Kier alpha value is -7.66. The van der Waals surface area contributed by atoms with Gasteiger partial charge in [-0.05, 0) is 93.5 Å². The van der Waals surface area contributed by atoms with Crippen LogP contribution in [0.1, 0.15) is 25.0 Å². The molecule has 4 aromatic heterocycles. The molecule has 0 N–H and O–H groups in total. The highest BCUT2D eigenvalue weighted by Gasteiger charge is 2.37. The predicted octanol–water partition coefficient (Wildman–Crippen LogP) is 16.6. The van der Waals surface area contributed by atoms with Crippen molar-refractivity contribution in [2.45, 2.75) is 19.3 Å². The van der Waals surface area contributed by atoms with E-state index in [-0.39, 0.29) is 5.41 Å². The molecule has 4 heteroatoms. The van der Waals surface area contributed by atoms with E-state index in [4.69, 9.17) is 4.42 Å². The zero-order valence-corrected chi connectivity index (χ0v) is 35.5. The minimum atomic E-state index is -0.135. The lowest BCUT2D eigenvalue weighted by atomic mass is 9.82. The van der Waals surface area contributed by atoms with Crippen LogP contribution in [0.15, 0.2) is 199 Å². The fourth-order valence-corrected chi connectivity index (χ4v) is 12.3. The van der Waals surface area contributed by atoms with Crippen LogP contribution in [0.4, 0.5) is 0 Å². The van der Waals surface area contributed by atoms with Crippen molar-refractivity contribution in [1.29, 1.82) is 0 Å². The molecule has 0 aliphatic heterocycles. The van der Waals surface area contributed by atoms with Crippen molar-refractivity contribution in [1.82, 2.24) is 9.13 Å². The van der Waals surface area contributed by atoms with Gasteiger partial charge >= 0.3 is 0 Å². The summed E-state index contributed by atoms with van der Waals surface area (Å²) in [5.74, 6) is 0. The minimum Gasteiger partial charge on any atom is -0.453 e. The maximum Gasteiger partial charge on any atom is 0.159 e. The number of hydrogen-bond donors (Lipinski definition) is 0. The monoisotopic (exact) mass is 822 g/mol. The molecular formula is C59H38N2OS. The van der Waals surface area contributed by atoms with Gasteiger partial charge < -0.3 is 13.6 Å². The second-order valence-corrected chi connectivity index (χ2v) is 18.6. The molecule has 0 amide bonds. The molecule has 3 nitrogen and oxygen atoms in total. The molecule has 63 heavy (non-hydrogen) atoms. The topological polar surface area (TPSA) is 23.0 Å². The third-order valence-corrected chi connectivity index (χ3v) is 15.1. The Balaban J connectivity index is 1.06. The number of hydrogen-bond acceptors (Lipinski definition) is 2. The van der Waals surface area contributed by atoms with Crippen molar-refractivity contribution in [2.75, 3.05) is 0 Å². The Kier molecular flexibility index (Phi) is 7.05. The van der Waals surface area contributed by atoms with Crippen LogP contribution in [0.25, 0.3) is 120 Å². The summed E-state index contributed by atoms with van der Waals surface area (Å²) >= 11 is 1.87. The molecule has 0 fully saturated rings. The summed E-state index contributed by atoms with van der Waals surface area (Å²) < 4.78 is 13.3. The molecule has 0 atom stereocenters. The molecule has 0 bridgehead atoms. The first-order valence-corrected chi connectivity index (χ1v) is 22.6. The van der Waals surface area contributed by atoms with Gasteiger partial charge in [-0.25, -0.2) is 0 Å². The number of fused-ring (bicyclic) bond motifs is 15. The first kappa shape index (κ1) is 35.0. The molecule has 0 saturated carbocycles. The standard InChI is InChI=1S/C59H38N2OS/c1-59(2)46-24-11-9-19-42(46)54-47(59)29-32-50-55(54)45-34-37(36-27-30-48-44(33-36)53-43-20-10-12-26-52(43)63-58(53)60(48)38-17-7-4-8-18-38)28-31-49(45)61(50)51-25-14-23-41-40-22-13-21-39(56(40)62-57(41)51)35-15-5-3-6-16-35/h3-34H,1-2H3. The normalized spacial score (nSPS) is 13.4. The van der Waals surface area contributed by atoms with Gasteiger partial charge in [-0.1, -0.05) is 153 Å². The van der Waals surface area contributed by atoms with Crippen LogP contribution in [0.3, 0.4) is 0 Å². The molecule has 0 saturated heterocycles. The average molecular weight is 823 g/mol. The summed E-state index contributed by atoms with van der Waals surface area (Å²) in [5, 5.41) is 8.65. The second-order valence-electron chi connectivity index (χ2n) is 17.6. The third-order valence-electron chi connectivity index (χ3n) is 13.9. The summed E-state index contributed by atoms with van der Waals surface area (Å²) in [6, 6.07) is 71.3. The van der Waals surface area contributed by atoms with Crippen molar-refractivity contribution in [3.8, 4) is 44.8 Å². The Bertz CT molecular complexity index is 4050. The number of thiophene rings is 1. The lowest BCUT2D eigenvalue weighted by molar-refractivity contribution is 0.660. The highest BCUT2D eigenvalue weighted by molar-refractivity contribution is 7.25. The Labute approximate surface area is 367 Å². The number of para-hydroxylation sites is 3. The number of nitrogens with zero attached hydrogens (tertiary/aromatic N) is 2. The lowest BCUT2D eigenvalue weighted by Crippen LogP contribution is -2.14. The van der Waals surface area contributed by atoms with Crippen LogP contribution in [-0.4, -0.2) is 9.13 Å². The van der Waals surface area contributed by atoms with Crippen molar-refractivity contribution in [3.05, 3.63) is 205 Å². The van der Waals surface area contributed by atoms with Gasteiger partial charge in [-0.15, -0.1) is 11.3 Å². The summed E-state index contributed by atoms with van der Waals surface area (Å²) in [6.45, 7) is 4.75. The second kappa shape index (κ2) is 12.7. The van der Waals surface area contributed by atoms with Crippen molar-refractivity contribution < 1.29 is 4.42 Å². The van der Waals surface area contributed by atoms with Crippen LogP contribution >= 0.6 is 11.3 Å². The zero-order valence-electron chi connectivity index (χ0n) is 34.7. The Morgan fingerprint density at radius 3 is 1.86 bits per heavy atom. The molecule has 0 radical (unpaired) electrons. The van der Waals surface area contributed by atoms with Crippen LogP contribution in [0.5, 0.6) is 0 Å². The number of rotatable bonds is 4. The summed E-state index contributed by atoms with van der Waals surface area (Å²) in [5.41, 5.74) is 17.5. The van der Waals surface area contributed by atoms with Gasteiger partial charge in [-0.2, -0.15) is 0 Å². The molecular weight excluding hydrogens is 785 g/mol. The van der Waals surface area contributed by atoms with Crippen LogP contribution in [0, 0.1) is 0 Å². The first-order valence-electron chi connectivity index (χ1n) is 21.8. The van der Waals surface area contributed by atoms with Gasteiger partial charge in [-0.3, -0.25) is 0 Å². The molecule has 13 aromatic rings. The summed E-state index contributed by atoms with van der Waals surface area (Å²) in [4.78, 5) is 1.28. The lowest BCUT2D eigenvalue weighted by Gasteiger charge is -2.21. The van der Waals surface area contributed by atoms with Crippen molar-refractivity contribution in [2.24, 2.45) is 0 Å². The van der Waals surface area contributed by atoms with Gasteiger partial charge in [0.2, 0.25) is 0 Å². The molecule has 1 aliphatic carbocycles. The molecule has 0 unspecified atom stereocenters. The summed E-state index contributed by atoms with van der Waals surface area (Å²) in [6.07, 6.45) is 0. The van der Waals surface area contributed by atoms with Gasteiger partial charge in [0.1, 0.15) is 10.4 Å². The molecule has 0 spiro atoms. The summed E-state index contributed by atoms with van der Waals surface area (Å²) in [7, 11) is 0. The van der Waals surface area contributed by atoms with Gasteiger partial charge in [0.05, 0.1) is 22.2 Å². The first-order chi connectivity index (χ1) is 31.0. The van der Waals surface area contributed by atoms with Gasteiger partial charge in [0.15, 0.2) is 5.58 Å². The van der Waals surface area contributed by atoms with E-state index < -0.39 is 0 Å². The largest absolute Gasteiger partial charge is 0.453 e. The minimum absolute atomic E-state index is 0.135. The highest BCUT2D eigenvalue weighted by atomic mass is 32.1. The van der Waals surface area contributed by atoms with E-state index in [1.54, 1.807) is 0 Å². The average Bonchev–Trinajstić information content (AvgIpc) is 4.12. The van der Waals surface area contributed by atoms with E-state index in [1.807, 2.05) is 11.3 Å². The SMILES string of the molecule is CC1(C)c2ccccc2-c2c1ccc1c2c2cc(-c3ccc4c(c3)c3c5ccccc5sc3n4-c3ccccc3)ccc2n1-c1cccc2c1oc1c(-c3ccccc3)cccc12. The van der Waals surface area contributed by atoms with E-state index in [1.165, 1.54) is 86.6 Å². The van der Waals surface area contributed by atoms with E-state index in [0.29, 0.717) is 0 Å². The molecule has 4 heterocycles. The predicted molar refractivity (Wildman–Crippen MR) is 266 cm³/mol. The number of furan rings is 1. The Morgan fingerprint density at radius 1 is 0.429 bits per heavy atom. The quantitative estimate of drug-likeness (QED) is 0.173. The molecule has 14 rings (SSSR count). The molecule has 9 aromatic carbocycles. The fourth-order valence-electron chi connectivity index (χ4n) is 11.1.